The molecular formula is C30H30N6O. The zero-order chi connectivity index (χ0) is 25.8. The fourth-order valence-corrected chi connectivity index (χ4v) is 4.78. The van der Waals surface area contributed by atoms with Crippen molar-refractivity contribution in [3.63, 3.8) is 0 Å². The van der Waals surface area contributed by atoms with Crippen LogP contribution < -0.4 is 5.73 Å². The van der Waals surface area contributed by atoms with Gasteiger partial charge >= 0.3 is 0 Å². The Hall–Kier alpha value is -4.52. The molecule has 7 heteroatoms. The second kappa shape index (κ2) is 10.6. The normalized spacial score (nSPS) is 11.1. The molecule has 1 amide bonds. The largest absolute Gasteiger partial charge is 0.364 e. The van der Waals surface area contributed by atoms with Crippen LogP contribution in [0.5, 0.6) is 0 Å². The van der Waals surface area contributed by atoms with Crippen molar-refractivity contribution in [1.82, 2.24) is 25.0 Å². The third-order valence-electron chi connectivity index (χ3n) is 6.58. The van der Waals surface area contributed by atoms with Crippen molar-refractivity contribution in [1.29, 1.82) is 0 Å². The molecule has 0 bridgehead atoms. The lowest BCUT2D eigenvalue weighted by atomic mass is 9.93. The molecule has 0 aliphatic heterocycles. The highest BCUT2D eigenvalue weighted by atomic mass is 16.1. The maximum Gasteiger partial charge on any atom is 0.267 e. The van der Waals surface area contributed by atoms with E-state index >= 15 is 0 Å². The highest BCUT2D eigenvalue weighted by Gasteiger charge is 2.20. The monoisotopic (exact) mass is 490 g/mol. The number of carbonyl (C=O) groups excluding carboxylic acids is 1. The van der Waals surface area contributed by atoms with Gasteiger partial charge in [-0.3, -0.25) is 4.79 Å². The van der Waals surface area contributed by atoms with Crippen molar-refractivity contribution < 1.29 is 4.79 Å². The van der Waals surface area contributed by atoms with Crippen LogP contribution in [0.3, 0.4) is 0 Å². The Labute approximate surface area is 216 Å². The van der Waals surface area contributed by atoms with Crippen LogP contribution in [0.4, 0.5) is 0 Å². The predicted molar refractivity (Wildman–Crippen MR) is 146 cm³/mol. The maximum atomic E-state index is 12.3. The number of benzene rings is 3. The molecule has 186 valence electrons. The van der Waals surface area contributed by atoms with Crippen LogP contribution in [0.2, 0.25) is 0 Å². The maximum absolute atomic E-state index is 12.3. The molecule has 5 rings (SSSR count). The van der Waals surface area contributed by atoms with Gasteiger partial charge in [0.1, 0.15) is 17.2 Å². The molecule has 0 spiro atoms. The van der Waals surface area contributed by atoms with Gasteiger partial charge in [0.2, 0.25) is 0 Å². The molecule has 5 aromatic rings. The Kier molecular flexibility index (Phi) is 6.94. The summed E-state index contributed by atoms with van der Waals surface area (Å²) in [5.74, 6) is 0.472. The van der Waals surface area contributed by atoms with E-state index < -0.39 is 5.91 Å². The lowest BCUT2D eigenvalue weighted by molar-refractivity contribution is 0.0990. The molecule has 0 atom stereocenters. The molecule has 0 unspecified atom stereocenters. The first kappa shape index (κ1) is 24.2. The number of imidazole rings is 1. The Morgan fingerprint density at radius 2 is 1.68 bits per heavy atom. The molecule has 3 N–H and O–H groups in total. The van der Waals surface area contributed by atoms with Crippen molar-refractivity contribution in [3.05, 3.63) is 102 Å². The number of nitrogens with two attached hydrogens (primary N) is 1. The van der Waals surface area contributed by atoms with E-state index in [-0.39, 0.29) is 0 Å². The van der Waals surface area contributed by atoms with Gasteiger partial charge in [0.15, 0.2) is 0 Å². The SMILES string of the molecule is CCCc1nc(CC)c(C(N)=O)n1Cc1ccc(-c2cc(-c3ccccc3)ccc2-c2cn[nH]n2)cc1. The number of amides is 1. The number of aryl methyl sites for hydroxylation is 2. The molecule has 7 nitrogen and oxygen atoms in total. The summed E-state index contributed by atoms with van der Waals surface area (Å²) in [7, 11) is 0. The van der Waals surface area contributed by atoms with Gasteiger partial charge in [0, 0.05) is 18.5 Å². The second-order valence-corrected chi connectivity index (χ2v) is 9.06. The van der Waals surface area contributed by atoms with Gasteiger partial charge in [0.05, 0.1) is 11.9 Å². The molecule has 0 fully saturated rings. The topological polar surface area (TPSA) is 102 Å². The van der Waals surface area contributed by atoms with E-state index in [2.05, 4.69) is 76.9 Å². The minimum absolute atomic E-state index is 0.432. The van der Waals surface area contributed by atoms with Gasteiger partial charge in [-0.1, -0.05) is 80.6 Å². The second-order valence-electron chi connectivity index (χ2n) is 9.06. The number of hydrogen-bond acceptors (Lipinski definition) is 4. The van der Waals surface area contributed by atoms with Crippen molar-refractivity contribution in [3.8, 4) is 33.5 Å². The van der Waals surface area contributed by atoms with Crippen LogP contribution in [0.25, 0.3) is 33.5 Å². The Morgan fingerprint density at radius 1 is 0.919 bits per heavy atom. The molecule has 0 saturated heterocycles. The summed E-state index contributed by atoms with van der Waals surface area (Å²) in [6.45, 7) is 4.65. The van der Waals surface area contributed by atoms with Gasteiger partial charge in [-0.25, -0.2) is 4.98 Å². The molecule has 0 aliphatic carbocycles. The first-order valence-corrected chi connectivity index (χ1v) is 12.6. The molecule has 2 aromatic heterocycles. The molecule has 0 aliphatic rings. The number of carbonyl (C=O) groups is 1. The standard InChI is InChI=1S/C30H30N6O/c1-3-8-28-33-26(4-2)29(30(31)37)36(28)19-20-11-13-22(14-12-20)25-17-23(21-9-6-5-7-10-21)15-16-24(25)27-18-32-35-34-27/h5-7,9-18H,3-4,8,19H2,1-2H3,(H2,31,37)(H,32,34,35). The van der Waals surface area contributed by atoms with Crippen LogP contribution in [-0.4, -0.2) is 30.9 Å². The van der Waals surface area contributed by atoms with E-state index in [0.29, 0.717) is 18.7 Å². The lowest BCUT2D eigenvalue weighted by Crippen LogP contribution is -2.20. The average Bonchev–Trinajstić information content (AvgIpc) is 3.58. The van der Waals surface area contributed by atoms with Crippen LogP contribution in [0.15, 0.2) is 79.0 Å². The van der Waals surface area contributed by atoms with Crippen LogP contribution in [0, 0.1) is 0 Å². The number of primary amides is 1. The van der Waals surface area contributed by atoms with E-state index in [1.165, 1.54) is 0 Å². The number of aromatic amines is 1. The van der Waals surface area contributed by atoms with E-state index in [4.69, 9.17) is 10.7 Å². The highest BCUT2D eigenvalue weighted by Crippen LogP contribution is 2.35. The van der Waals surface area contributed by atoms with Gasteiger partial charge in [-0.05, 0) is 46.7 Å². The Balaban J connectivity index is 1.53. The summed E-state index contributed by atoms with van der Waals surface area (Å²) in [4.78, 5) is 17.0. The average molecular weight is 491 g/mol. The molecule has 0 saturated carbocycles. The summed E-state index contributed by atoms with van der Waals surface area (Å²) in [6.07, 6.45) is 4.15. The number of hydrogen-bond donors (Lipinski definition) is 2. The third-order valence-corrected chi connectivity index (χ3v) is 6.58. The molecule has 0 radical (unpaired) electrons. The van der Waals surface area contributed by atoms with Gasteiger partial charge in [-0.15, -0.1) is 0 Å². The van der Waals surface area contributed by atoms with Crippen LogP contribution >= 0.6 is 0 Å². The van der Waals surface area contributed by atoms with Gasteiger partial charge < -0.3 is 10.3 Å². The van der Waals surface area contributed by atoms with Crippen LogP contribution in [-0.2, 0) is 19.4 Å². The van der Waals surface area contributed by atoms with E-state index in [1.807, 2.05) is 29.7 Å². The first-order chi connectivity index (χ1) is 18.1. The van der Waals surface area contributed by atoms with E-state index in [9.17, 15) is 4.79 Å². The number of nitrogens with one attached hydrogen (secondary N) is 1. The minimum Gasteiger partial charge on any atom is -0.364 e. The van der Waals surface area contributed by atoms with Gasteiger partial charge in [-0.2, -0.15) is 15.4 Å². The summed E-state index contributed by atoms with van der Waals surface area (Å²) < 4.78 is 1.98. The fourth-order valence-electron chi connectivity index (χ4n) is 4.78. The molecule has 3 aromatic carbocycles. The van der Waals surface area contributed by atoms with E-state index in [1.54, 1.807) is 6.20 Å². The number of nitrogens with zero attached hydrogens (tertiary/aromatic N) is 4. The zero-order valence-electron chi connectivity index (χ0n) is 21.1. The summed E-state index contributed by atoms with van der Waals surface area (Å²) in [6, 6.07) is 25.2. The molecule has 2 heterocycles. The number of aromatic nitrogens is 5. The molecule has 37 heavy (non-hydrogen) atoms. The fraction of sp³-hybridized carbons (Fsp3) is 0.200. The lowest BCUT2D eigenvalue weighted by Gasteiger charge is -2.13. The summed E-state index contributed by atoms with van der Waals surface area (Å²) >= 11 is 0. The highest BCUT2D eigenvalue weighted by molar-refractivity contribution is 5.92. The molecular weight excluding hydrogens is 460 g/mol. The van der Waals surface area contributed by atoms with Crippen LogP contribution in [0.1, 0.15) is 47.8 Å². The Morgan fingerprint density at radius 3 is 2.32 bits per heavy atom. The smallest absolute Gasteiger partial charge is 0.267 e. The predicted octanol–water partition coefficient (Wildman–Crippen LogP) is 5.66. The van der Waals surface area contributed by atoms with Gasteiger partial charge in [0.25, 0.3) is 5.91 Å². The van der Waals surface area contributed by atoms with Crippen molar-refractivity contribution in [2.45, 2.75) is 39.7 Å². The number of H-pyrrole nitrogens is 1. The third kappa shape index (κ3) is 4.93. The van der Waals surface area contributed by atoms with Crippen molar-refractivity contribution >= 4 is 5.91 Å². The number of rotatable bonds is 9. The van der Waals surface area contributed by atoms with Crippen molar-refractivity contribution in [2.24, 2.45) is 5.73 Å². The summed E-state index contributed by atoms with van der Waals surface area (Å²) in [5.41, 5.74) is 14.3. The van der Waals surface area contributed by atoms with Crippen molar-refractivity contribution in [2.75, 3.05) is 0 Å². The zero-order valence-corrected chi connectivity index (χ0v) is 21.1. The van der Waals surface area contributed by atoms with E-state index in [0.717, 1.165) is 63.4 Å². The quantitative estimate of drug-likeness (QED) is 0.278. The first-order valence-electron chi connectivity index (χ1n) is 12.6. The minimum atomic E-state index is -0.432. The Bertz CT molecular complexity index is 1500. The summed E-state index contributed by atoms with van der Waals surface area (Å²) in [5, 5.41) is 11.0.